The molecule has 0 aromatic heterocycles. The molecule has 2 aromatic rings. The van der Waals surface area contributed by atoms with Crippen molar-refractivity contribution in [3.8, 4) is 5.75 Å². The van der Waals surface area contributed by atoms with Crippen LogP contribution in [0.25, 0.3) is 0 Å². The van der Waals surface area contributed by atoms with Gasteiger partial charge in [-0.05, 0) is 49.4 Å². The third-order valence-corrected chi connectivity index (χ3v) is 5.80. The van der Waals surface area contributed by atoms with Gasteiger partial charge < -0.3 is 19.9 Å². The molecule has 2 atom stereocenters. The number of carbonyl (C=O) groups excluding carboxylic acids is 1. The number of fused-ring (bicyclic) bond motifs is 3. The largest absolute Gasteiger partial charge is 0.497 e. The summed E-state index contributed by atoms with van der Waals surface area (Å²) in [6.07, 6.45) is 0.480. The summed E-state index contributed by atoms with van der Waals surface area (Å²) in [5.41, 5.74) is 2.62. The Morgan fingerprint density at radius 3 is 2.66 bits per heavy atom. The van der Waals surface area contributed by atoms with E-state index in [0.29, 0.717) is 12.1 Å². The first-order valence-corrected chi connectivity index (χ1v) is 9.63. The molecule has 2 aromatic carbocycles. The lowest BCUT2D eigenvalue weighted by atomic mass is 9.83. The van der Waals surface area contributed by atoms with E-state index in [-0.39, 0.29) is 28.5 Å². The summed E-state index contributed by atoms with van der Waals surface area (Å²) in [5.74, 6) is 0.356. The maximum atomic E-state index is 13.2. The van der Waals surface area contributed by atoms with Gasteiger partial charge in [0, 0.05) is 43.1 Å². The number of rotatable bonds is 4. The molecule has 8 nitrogen and oxygen atoms in total. The van der Waals surface area contributed by atoms with Crippen LogP contribution < -0.4 is 15.0 Å². The second kappa shape index (κ2) is 7.71. The van der Waals surface area contributed by atoms with E-state index in [1.807, 2.05) is 18.2 Å². The van der Waals surface area contributed by atoms with Crippen LogP contribution in [0.3, 0.4) is 0 Å². The van der Waals surface area contributed by atoms with Crippen LogP contribution in [0.15, 0.2) is 42.5 Å². The minimum atomic E-state index is -0.386. The number of carbonyl (C=O) groups is 1. The zero-order valence-electron chi connectivity index (χ0n) is 16.5. The molecule has 2 aliphatic rings. The molecule has 1 amide bonds. The predicted molar refractivity (Wildman–Crippen MR) is 111 cm³/mol. The molecule has 0 radical (unpaired) electrons. The van der Waals surface area contributed by atoms with Crippen LogP contribution in [0.4, 0.5) is 17.1 Å². The highest BCUT2D eigenvalue weighted by molar-refractivity contribution is 5.94. The smallest absolute Gasteiger partial charge is 0.269 e. The van der Waals surface area contributed by atoms with Crippen molar-refractivity contribution in [2.24, 2.45) is 5.92 Å². The van der Waals surface area contributed by atoms with Gasteiger partial charge in [-0.2, -0.15) is 0 Å². The third kappa shape index (κ3) is 3.75. The number of likely N-dealkylation sites (N-methyl/N-ethyl adjacent to an activating group) is 1. The lowest BCUT2D eigenvalue weighted by Crippen LogP contribution is -2.59. The Morgan fingerprint density at radius 2 is 1.97 bits per heavy atom. The topological polar surface area (TPSA) is 87.9 Å². The number of ether oxygens (including phenoxy) is 1. The molecule has 1 N–H and O–H groups in total. The Kier molecular flexibility index (Phi) is 5.10. The van der Waals surface area contributed by atoms with Gasteiger partial charge in [0.25, 0.3) is 5.69 Å². The van der Waals surface area contributed by atoms with Crippen molar-refractivity contribution in [2.75, 3.05) is 44.0 Å². The molecule has 4 rings (SSSR count). The molecule has 2 aliphatic heterocycles. The molecule has 0 saturated carbocycles. The number of nitrogens with one attached hydrogen (secondary N) is 1. The van der Waals surface area contributed by atoms with Crippen molar-refractivity contribution >= 4 is 23.0 Å². The first-order chi connectivity index (χ1) is 14.0. The van der Waals surface area contributed by atoms with Gasteiger partial charge in [0.2, 0.25) is 5.91 Å². The molecule has 2 heterocycles. The number of hydrogen-bond donors (Lipinski definition) is 1. The van der Waals surface area contributed by atoms with Gasteiger partial charge in [-0.15, -0.1) is 0 Å². The molecule has 1 saturated heterocycles. The zero-order valence-corrected chi connectivity index (χ0v) is 16.5. The van der Waals surface area contributed by atoms with Crippen LogP contribution >= 0.6 is 0 Å². The molecular weight excluding hydrogens is 372 g/mol. The van der Waals surface area contributed by atoms with Crippen molar-refractivity contribution in [1.29, 1.82) is 0 Å². The van der Waals surface area contributed by atoms with E-state index in [4.69, 9.17) is 4.74 Å². The molecule has 152 valence electrons. The van der Waals surface area contributed by atoms with Crippen LogP contribution in [0.2, 0.25) is 0 Å². The minimum Gasteiger partial charge on any atom is -0.497 e. The second-order valence-corrected chi connectivity index (χ2v) is 7.62. The van der Waals surface area contributed by atoms with Gasteiger partial charge in [0.05, 0.1) is 24.0 Å². The molecule has 0 bridgehead atoms. The van der Waals surface area contributed by atoms with Gasteiger partial charge in [-0.1, -0.05) is 0 Å². The van der Waals surface area contributed by atoms with Crippen LogP contribution in [0.1, 0.15) is 5.56 Å². The first-order valence-electron chi connectivity index (χ1n) is 9.63. The highest BCUT2D eigenvalue weighted by Gasteiger charge is 2.41. The van der Waals surface area contributed by atoms with E-state index in [9.17, 15) is 14.9 Å². The summed E-state index contributed by atoms with van der Waals surface area (Å²) in [6, 6.07) is 12.2. The number of nitrogens with zero attached hydrogens (tertiary/aromatic N) is 3. The fraction of sp³-hybridized carbons (Fsp3) is 0.381. The van der Waals surface area contributed by atoms with Gasteiger partial charge in [-0.3, -0.25) is 14.9 Å². The van der Waals surface area contributed by atoms with Crippen molar-refractivity contribution in [3.05, 3.63) is 58.1 Å². The number of hydrogen-bond acceptors (Lipinski definition) is 6. The van der Waals surface area contributed by atoms with E-state index >= 15 is 0 Å². The monoisotopic (exact) mass is 396 g/mol. The van der Waals surface area contributed by atoms with Crippen LogP contribution in [-0.4, -0.2) is 55.6 Å². The molecule has 29 heavy (non-hydrogen) atoms. The normalized spacial score (nSPS) is 21.1. The number of non-ortho nitro benzene ring substituents is 1. The summed E-state index contributed by atoms with van der Waals surface area (Å²) < 4.78 is 5.16. The fourth-order valence-electron chi connectivity index (χ4n) is 4.28. The number of anilines is 2. The summed E-state index contributed by atoms with van der Waals surface area (Å²) in [7, 11) is 3.65. The van der Waals surface area contributed by atoms with Crippen molar-refractivity contribution in [1.82, 2.24) is 4.90 Å². The van der Waals surface area contributed by atoms with E-state index in [1.165, 1.54) is 0 Å². The quantitative estimate of drug-likeness (QED) is 0.631. The van der Waals surface area contributed by atoms with Gasteiger partial charge in [0.1, 0.15) is 5.75 Å². The van der Waals surface area contributed by atoms with E-state index in [0.717, 1.165) is 36.6 Å². The molecule has 0 spiro atoms. The number of piperazine rings is 1. The standard InChI is InChI=1S/C21H24N4O4/c1-23-9-10-24-19-8-5-16(25(27)28)11-14(19)12-18(20(24)13-23)21(26)22-15-3-6-17(29-2)7-4-15/h3-8,11,18,20H,9-10,12-13H2,1-2H3,(H,22,26)/t18-,20-/m1/s1. The van der Waals surface area contributed by atoms with Crippen molar-refractivity contribution in [3.63, 3.8) is 0 Å². The first kappa shape index (κ1) is 19.2. The van der Waals surface area contributed by atoms with Gasteiger partial charge in [0.15, 0.2) is 0 Å². The molecule has 1 fully saturated rings. The van der Waals surface area contributed by atoms with Gasteiger partial charge >= 0.3 is 0 Å². The molecule has 0 aliphatic carbocycles. The second-order valence-electron chi connectivity index (χ2n) is 7.62. The Bertz CT molecular complexity index is 931. The highest BCUT2D eigenvalue weighted by Crippen LogP contribution is 2.38. The van der Waals surface area contributed by atoms with E-state index in [1.54, 1.807) is 31.4 Å². The maximum absolute atomic E-state index is 13.2. The van der Waals surface area contributed by atoms with Crippen LogP contribution in [-0.2, 0) is 11.2 Å². The fourth-order valence-corrected chi connectivity index (χ4v) is 4.28. The number of nitro benzene ring substituents is 1. The minimum absolute atomic E-state index is 0.0287. The van der Waals surface area contributed by atoms with Crippen LogP contribution in [0.5, 0.6) is 5.75 Å². The molecule has 0 unspecified atom stereocenters. The summed E-state index contributed by atoms with van der Waals surface area (Å²) >= 11 is 0. The zero-order chi connectivity index (χ0) is 20.5. The lowest BCUT2D eigenvalue weighted by molar-refractivity contribution is -0.384. The maximum Gasteiger partial charge on any atom is 0.269 e. The average molecular weight is 396 g/mol. The molecular formula is C21H24N4O4. The van der Waals surface area contributed by atoms with E-state index < -0.39 is 0 Å². The Morgan fingerprint density at radius 1 is 1.21 bits per heavy atom. The summed E-state index contributed by atoms with van der Waals surface area (Å²) in [4.78, 5) is 28.5. The Labute approximate surface area is 169 Å². The third-order valence-electron chi connectivity index (χ3n) is 5.80. The SMILES string of the molecule is COc1ccc(NC(=O)[C@@H]2Cc3cc([N+](=O)[O-])ccc3N3CCN(C)C[C@H]23)cc1. The van der Waals surface area contributed by atoms with Crippen LogP contribution in [0, 0.1) is 16.0 Å². The number of nitro groups is 1. The van der Waals surface area contributed by atoms with Crippen molar-refractivity contribution < 1.29 is 14.5 Å². The van der Waals surface area contributed by atoms with Gasteiger partial charge in [-0.25, -0.2) is 0 Å². The lowest BCUT2D eigenvalue weighted by Gasteiger charge is -2.48. The number of amides is 1. The highest BCUT2D eigenvalue weighted by atomic mass is 16.6. The van der Waals surface area contributed by atoms with E-state index in [2.05, 4.69) is 22.2 Å². The summed E-state index contributed by atoms with van der Waals surface area (Å²) in [6.45, 7) is 2.45. The Hall–Kier alpha value is -3.13. The summed E-state index contributed by atoms with van der Waals surface area (Å²) in [5, 5.41) is 14.2. The average Bonchev–Trinajstić information content (AvgIpc) is 2.73. The molecule has 8 heteroatoms. The number of methoxy groups -OCH3 is 1. The van der Waals surface area contributed by atoms with Crippen molar-refractivity contribution in [2.45, 2.75) is 12.5 Å². The predicted octanol–water partition coefficient (Wildman–Crippen LogP) is 2.53. The Balaban J connectivity index is 1.63. The number of benzene rings is 2.